The van der Waals surface area contributed by atoms with Gasteiger partial charge in [0, 0.05) is 19.7 Å². The molecule has 8 nitrogen and oxygen atoms in total. The van der Waals surface area contributed by atoms with Gasteiger partial charge in [0.05, 0.1) is 34.4 Å². The molecule has 0 radical (unpaired) electrons. The highest BCUT2D eigenvalue weighted by molar-refractivity contribution is 7.99. The number of Topliss-reactive ketones (excluding diaryl/α,β-unsaturated/α-hetero) is 1. The first-order chi connectivity index (χ1) is 15.8. The van der Waals surface area contributed by atoms with Crippen molar-refractivity contribution in [2.45, 2.75) is 16.6 Å². The first kappa shape index (κ1) is 23.0. The molecule has 0 unspecified atom stereocenters. The summed E-state index contributed by atoms with van der Waals surface area (Å²) in [7, 11) is -0.674. The van der Waals surface area contributed by atoms with Gasteiger partial charge >= 0.3 is 0 Å². The summed E-state index contributed by atoms with van der Waals surface area (Å²) in [5.74, 6) is 0.420. The summed E-state index contributed by atoms with van der Waals surface area (Å²) in [5.41, 5.74) is 0.706. The summed E-state index contributed by atoms with van der Waals surface area (Å²) in [6.45, 7) is 0.192. The normalized spacial score (nSPS) is 11.8. The minimum Gasteiger partial charge on any atom is -0.467 e. The monoisotopic (exact) mass is 483 g/mol. The van der Waals surface area contributed by atoms with Gasteiger partial charge in [-0.1, -0.05) is 36.0 Å². The van der Waals surface area contributed by atoms with Crippen LogP contribution in [0.5, 0.6) is 0 Å². The Morgan fingerprint density at radius 2 is 1.79 bits per heavy atom. The number of nitrogens with zero attached hydrogens (tertiary/aromatic N) is 3. The van der Waals surface area contributed by atoms with Gasteiger partial charge in [0.15, 0.2) is 10.9 Å². The number of sulfonamides is 1. The molecule has 0 N–H and O–H groups in total. The van der Waals surface area contributed by atoms with Gasteiger partial charge in [-0.2, -0.15) is 0 Å². The van der Waals surface area contributed by atoms with Crippen LogP contribution in [0, 0.1) is 0 Å². The summed E-state index contributed by atoms with van der Waals surface area (Å²) in [6.07, 6.45) is 1.53. The van der Waals surface area contributed by atoms with E-state index >= 15 is 0 Å². The Balaban J connectivity index is 1.60. The van der Waals surface area contributed by atoms with Crippen LogP contribution in [0.25, 0.3) is 10.9 Å². The van der Waals surface area contributed by atoms with Crippen LogP contribution in [0.4, 0.5) is 0 Å². The molecule has 0 atom stereocenters. The molecule has 0 aliphatic carbocycles. The molecule has 0 aliphatic heterocycles. The second-order valence-corrected chi connectivity index (χ2v) is 10.5. The molecular weight excluding hydrogens is 462 g/mol. The first-order valence-electron chi connectivity index (χ1n) is 9.98. The number of ketones is 1. The van der Waals surface area contributed by atoms with Crippen LogP contribution < -0.4 is 5.56 Å². The van der Waals surface area contributed by atoms with Crippen LogP contribution in [0.1, 0.15) is 16.1 Å². The Hall–Kier alpha value is -3.21. The van der Waals surface area contributed by atoms with Crippen molar-refractivity contribution in [2.75, 3.05) is 19.8 Å². The van der Waals surface area contributed by atoms with Crippen molar-refractivity contribution in [3.63, 3.8) is 0 Å². The number of carbonyl (C=O) groups excluding carboxylic acids is 1. The number of para-hydroxylation sites is 1. The van der Waals surface area contributed by atoms with Gasteiger partial charge in [0.2, 0.25) is 10.0 Å². The minimum atomic E-state index is -3.57. The maximum absolute atomic E-state index is 13.1. The van der Waals surface area contributed by atoms with E-state index in [2.05, 4.69) is 4.98 Å². The average Bonchev–Trinajstić information content (AvgIpc) is 3.33. The topological polar surface area (TPSA) is 102 Å². The fourth-order valence-electron chi connectivity index (χ4n) is 3.19. The van der Waals surface area contributed by atoms with E-state index in [1.807, 2.05) is 0 Å². The van der Waals surface area contributed by atoms with Crippen LogP contribution in [-0.2, 0) is 16.6 Å². The SMILES string of the molecule is CN(C)S(=O)(=O)c1ccc(C(=O)CSc2nc3ccccc3c(=O)n2Cc2ccco2)cc1. The van der Waals surface area contributed by atoms with Crippen molar-refractivity contribution in [1.82, 2.24) is 13.9 Å². The smallest absolute Gasteiger partial charge is 0.262 e. The molecular formula is C23H21N3O5S2. The van der Waals surface area contributed by atoms with Gasteiger partial charge in [-0.25, -0.2) is 17.7 Å². The molecule has 2 heterocycles. The van der Waals surface area contributed by atoms with Crippen molar-refractivity contribution >= 4 is 38.5 Å². The van der Waals surface area contributed by atoms with Crippen molar-refractivity contribution < 1.29 is 17.6 Å². The molecule has 2 aromatic heterocycles. The highest BCUT2D eigenvalue weighted by Gasteiger charge is 2.19. The molecule has 0 fully saturated rings. The number of hydrogen-bond donors (Lipinski definition) is 0. The maximum atomic E-state index is 13.1. The lowest BCUT2D eigenvalue weighted by Gasteiger charge is -2.12. The Labute approximate surface area is 194 Å². The van der Waals surface area contributed by atoms with E-state index in [0.717, 1.165) is 16.1 Å². The number of aromatic nitrogens is 2. The number of thioether (sulfide) groups is 1. The molecule has 33 heavy (non-hydrogen) atoms. The summed E-state index contributed by atoms with van der Waals surface area (Å²) < 4.78 is 32.4. The first-order valence-corrected chi connectivity index (χ1v) is 12.4. The van der Waals surface area contributed by atoms with Gasteiger partial charge in [0.25, 0.3) is 5.56 Å². The minimum absolute atomic E-state index is 0.0305. The molecule has 170 valence electrons. The Bertz CT molecular complexity index is 1460. The van der Waals surface area contributed by atoms with E-state index in [9.17, 15) is 18.0 Å². The van der Waals surface area contributed by atoms with Crippen molar-refractivity contribution in [3.05, 3.63) is 88.6 Å². The van der Waals surface area contributed by atoms with Gasteiger partial charge < -0.3 is 4.42 Å². The van der Waals surface area contributed by atoms with Gasteiger partial charge in [-0.15, -0.1) is 0 Å². The quantitative estimate of drug-likeness (QED) is 0.215. The number of carbonyl (C=O) groups is 1. The van der Waals surface area contributed by atoms with Crippen LogP contribution >= 0.6 is 11.8 Å². The van der Waals surface area contributed by atoms with Crippen LogP contribution in [0.2, 0.25) is 0 Å². The zero-order chi connectivity index (χ0) is 23.6. The summed E-state index contributed by atoms with van der Waals surface area (Å²) in [6, 6.07) is 16.4. The van der Waals surface area contributed by atoms with Crippen LogP contribution in [-0.4, -0.2) is 47.9 Å². The summed E-state index contributed by atoms with van der Waals surface area (Å²) in [4.78, 5) is 30.6. The molecule has 0 amide bonds. The lowest BCUT2D eigenvalue weighted by atomic mass is 10.1. The number of furan rings is 1. The van der Waals surface area contributed by atoms with E-state index in [-0.39, 0.29) is 28.5 Å². The van der Waals surface area contributed by atoms with Crippen molar-refractivity contribution in [3.8, 4) is 0 Å². The van der Waals surface area contributed by atoms with Crippen LogP contribution in [0.3, 0.4) is 0 Å². The predicted octanol–water partition coefficient (Wildman–Crippen LogP) is 3.26. The standard InChI is InChI=1S/C23H21N3O5S2/c1-25(2)33(29,30)18-11-9-16(10-12-18)21(27)15-32-23-24-20-8-4-3-7-19(20)22(28)26(23)14-17-6-5-13-31-17/h3-13H,14-15H2,1-2H3. The number of rotatable bonds is 8. The third-order valence-electron chi connectivity index (χ3n) is 5.01. The second-order valence-electron chi connectivity index (χ2n) is 7.41. The molecule has 4 aromatic rings. The lowest BCUT2D eigenvalue weighted by Crippen LogP contribution is -2.24. The molecule has 0 saturated carbocycles. The third-order valence-corrected chi connectivity index (χ3v) is 7.81. The highest BCUT2D eigenvalue weighted by Crippen LogP contribution is 2.21. The zero-order valence-corrected chi connectivity index (χ0v) is 19.6. The Morgan fingerprint density at radius 1 is 1.06 bits per heavy atom. The highest BCUT2D eigenvalue weighted by atomic mass is 32.2. The summed E-state index contributed by atoms with van der Waals surface area (Å²) in [5, 5.41) is 0.882. The zero-order valence-electron chi connectivity index (χ0n) is 18.0. The van der Waals surface area contributed by atoms with Gasteiger partial charge in [-0.05, 0) is 36.4 Å². The fraction of sp³-hybridized carbons (Fsp3) is 0.174. The van der Waals surface area contributed by atoms with E-state index in [1.54, 1.807) is 36.4 Å². The molecule has 4 rings (SSSR count). The molecule has 0 spiro atoms. The lowest BCUT2D eigenvalue weighted by molar-refractivity contribution is 0.102. The molecule has 0 aliphatic rings. The molecule has 0 saturated heterocycles. The predicted molar refractivity (Wildman–Crippen MR) is 126 cm³/mol. The van der Waals surface area contributed by atoms with Crippen LogP contribution in [0.15, 0.2) is 86.2 Å². The number of hydrogen-bond acceptors (Lipinski definition) is 7. The van der Waals surface area contributed by atoms with Gasteiger partial charge in [0.1, 0.15) is 5.76 Å². The Kier molecular flexibility index (Phi) is 6.50. The number of fused-ring (bicyclic) bond motifs is 1. The third kappa shape index (κ3) is 4.77. The molecule has 10 heteroatoms. The van der Waals surface area contributed by atoms with E-state index in [1.165, 1.54) is 49.2 Å². The van der Waals surface area contributed by atoms with E-state index in [4.69, 9.17) is 4.42 Å². The fourth-order valence-corrected chi connectivity index (χ4v) is 4.99. The number of benzene rings is 2. The Morgan fingerprint density at radius 3 is 2.45 bits per heavy atom. The van der Waals surface area contributed by atoms with E-state index < -0.39 is 10.0 Å². The van der Waals surface area contributed by atoms with Crippen molar-refractivity contribution in [1.29, 1.82) is 0 Å². The maximum Gasteiger partial charge on any atom is 0.262 e. The van der Waals surface area contributed by atoms with Crippen molar-refractivity contribution in [2.24, 2.45) is 0 Å². The van der Waals surface area contributed by atoms with E-state index in [0.29, 0.717) is 27.4 Å². The second kappa shape index (κ2) is 9.34. The largest absolute Gasteiger partial charge is 0.467 e. The molecule has 0 bridgehead atoms. The summed E-state index contributed by atoms with van der Waals surface area (Å²) >= 11 is 1.15. The molecule has 2 aromatic carbocycles. The van der Waals surface area contributed by atoms with Gasteiger partial charge in [-0.3, -0.25) is 14.2 Å². The average molecular weight is 484 g/mol.